The maximum absolute atomic E-state index is 11.9. The number of halogens is 1. The van der Waals surface area contributed by atoms with Crippen LogP contribution in [-0.2, 0) is 9.53 Å². The molecule has 106 valence electrons. The van der Waals surface area contributed by atoms with Crippen molar-refractivity contribution >= 4 is 30.1 Å². The van der Waals surface area contributed by atoms with Crippen LogP contribution in [0.3, 0.4) is 0 Å². The van der Waals surface area contributed by atoms with Crippen LogP contribution in [0.1, 0.15) is 26.2 Å². The highest BCUT2D eigenvalue weighted by molar-refractivity contribution is 7.99. The minimum Gasteiger partial charge on any atom is -0.376 e. The van der Waals surface area contributed by atoms with E-state index in [-0.39, 0.29) is 30.5 Å². The van der Waals surface area contributed by atoms with Gasteiger partial charge in [0.2, 0.25) is 5.91 Å². The number of hydrogen-bond donors (Lipinski definition) is 2. The Labute approximate surface area is 119 Å². The van der Waals surface area contributed by atoms with Gasteiger partial charge in [0.15, 0.2) is 0 Å². The Kier molecular flexibility index (Phi) is 7.37. The van der Waals surface area contributed by atoms with Gasteiger partial charge in [0, 0.05) is 37.1 Å². The molecule has 4 nitrogen and oxygen atoms in total. The highest BCUT2D eigenvalue weighted by atomic mass is 35.5. The molecule has 3 unspecified atom stereocenters. The van der Waals surface area contributed by atoms with E-state index in [9.17, 15) is 4.79 Å². The van der Waals surface area contributed by atoms with E-state index < -0.39 is 0 Å². The summed E-state index contributed by atoms with van der Waals surface area (Å²) in [7, 11) is 0. The van der Waals surface area contributed by atoms with E-state index in [1.807, 2.05) is 18.7 Å². The van der Waals surface area contributed by atoms with Gasteiger partial charge >= 0.3 is 0 Å². The predicted molar refractivity (Wildman–Crippen MR) is 77.6 cm³/mol. The van der Waals surface area contributed by atoms with Crippen molar-refractivity contribution in [3.8, 4) is 0 Å². The van der Waals surface area contributed by atoms with E-state index >= 15 is 0 Å². The first-order chi connectivity index (χ1) is 8.25. The van der Waals surface area contributed by atoms with Crippen molar-refractivity contribution in [1.82, 2.24) is 10.6 Å². The van der Waals surface area contributed by atoms with Gasteiger partial charge < -0.3 is 15.4 Å². The summed E-state index contributed by atoms with van der Waals surface area (Å²) in [4.78, 5) is 11.9. The Morgan fingerprint density at radius 2 is 2.44 bits per heavy atom. The summed E-state index contributed by atoms with van der Waals surface area (Å²) in [6, 6.07) is 0.478. The SMILES string of the molecule is CC(NC(=O)CC1CSCCN1)C1CCCO1.Cl. The smallest absolute Gasteiger partial charge is 0.221 e. The number of carbonyl (C=O) groups is 1. The fourth-order valence-electron chi connectivity index (χ4n) is 2.38. The third kappa shape index (κ3) is 4.96. The lowest BCUT2D eigenvalue weighted by atomic mass is 10.1. The van der Waals surface area contributed by atoms with E-state index in [1.165, 1.54) is 0 Å². The highest BCUT2D eigenvalue weighted by Crippen LogP contribution is 2.16. The van der Waals surface area contributed by atoms with Crippen molar-refractivity contribution in [1.29, 1.82) is 0 Å². The first kappa shape index (κ1) is 16.1. The second-order valence-electron chi connectivity index (χ2n) is 4.84. The zero-order valence-corrected chi connectivity index (χ0v) is 12.4. The Hall–Kier alpha value is 0.0300. The summed E-state index contributed by atoms with van der Waals surface area (Å²) < 4.78 is 5.57. The second-order valence-corrected chi connectivity index (χ2v) is 5.99. The Balaban J connectivity index is 0.00000162. The molecule has 2 fully saturated rings. The van der Waals surface area contributed by atoms with Gasteiger partial charge in [0.05, 0.1) is 12.1 Å². The Morgan fingerprint density at radius 1 is 1.61 bits per heavy atom. The van der Waals surface area contributed by atoms with Crippen LogP contribution in [0.2, 0.25) is 0 Å². The lowest BCUT2D eigenvalue weighted by Crippen LogP contribution is -2.45. The molecule has 2 saturated heterocycles. The summed E-state index contributed by atoms with van der Waals surface area (Å²) in [5, 5.41) is 6.44. The third-order valence-electron chi connectivity index (χ3n) is 3.34. The normalized spacial score (nSPS) is 29.4. The van der Waals surface area contributed by atoms with Gasteiger partial charge in [-0.3, -0.25) is 4.79 Å². The predicted octanol–water partition coefficient (Wildman–Crippen LogP) is 1.19. The molecule has 0 aromatic carbocycles. The van der Waals surface area contributed by atoms with Crippen LogP contribution in [0.25, 0.3) is 0 Å². The van der Waals surface area contributed by atoms with E-state index in [0.717, 1.165) is 37.5 Å². The number of amides is 1. The molecule has 2 aliphatic heterocycles. The Morgan fingerprint density at radius 3 is 3.06 bits per heavy atom. The summed E-state index contributed by atoms with van der Waals surface area (Å²) >= 11 is 1.92. The number of thioether (sulfide) groups is 1. The monoisotopic (exact) mass is 294 g/mol. The Bertz CT molecular complexity index is 256. The maximum atomic E-state index is 11.9. The quantitative estimate of drug-likeness (QED) is 0.818. The summed E-state index contributed by atoms with van der Waals surface area (Å²) in [6.07, 6.45) is 2.99. The summed E-state index contributed by atoms with van der Waals surface area (Å²) in [5.74, 6) is 2.35. The largest absolute Gasteiger partial charge is 0.376 e. The minimum absolute atomic E-state index is 0. The number of rotatable bonds is 4. The average molecular weight is 295 g/mol. The van der Waals surface area contributed by atoms with E-state index in [4.69, 9.17) is 4.74 Å². The van der Waals surface area contributed by atoms with Gasteiger partial charge in [0.1, 0.15) is 0 Å². The van der Waals surface area contributed by atoms with Crippen molar-refractivity contribution in [3.63, 3.8) is 0 Å². The van der Waals surface area contributed by atoms with Crippen LogP contribution in [0, 0.1) is 0 Å². The molecule has 0 aromatic rings. The number of hydrogen-bond acceptors (Lipinski definition) is 4. The van der Waals surface area contributed by atoms with E-state index in [2.05, 4.69) is 10.6 Å². The molecule has 0 saturated carbocycles. The van der Waals surface area contributed by atoms with Crippen LogP contribution < -0.4 is 10.6 Å². The molecule has 1 amide bonds. The van der Waals surface area contributed by atoms with Crippen molar-refractivity contribution < 1.29 is 9.53 Å². The van der Waals surface area contributed by atoms with Gasteiger partial charge in [0.25, 0.3) is 0 Å². The van der Waals surface area contributed by atoms with Gasteiger partial charge in [-0.25, -0.2) is 0 Å². The van der Waals surface area contributed by atoms with Crippen LogP contribution in [-0.4, -0.2) is 48.8 Å². The lowest BCUT2D eigenvalue weighted by molar-refractivity contribution is -0.123. The molecule has 0 aromatic heterocycles. The third-order valence-corrected chi connectivity index (χ3v) is 4.47. The lowest BCUT2D eigenvalue weighted by Gasteiger charge is -2.25. The molecule has 2 rings (SSSR count). The molecular formula is C12H23ClN2O2S. The van der Waals surface area contributed by atoms with Crippen molar-refractivity contribution in [2.75, 3.05) is 24.7 Å². The minimum atomic E-state index is 0. The standard InChI is InChI=1S/C12H22N2O2S.ClH/c1-9(11-3-2-5-16-11)14-12(15)7-10-8-17-6-4-13-10;/h9-11,13H,2-8H2,1H3,(H,14,15);1H. The van der Waals surface area contributed by atoms with Crippen molar-refractivity contribution in [2.24, 2.45) is 0 Å². The first-order valence-electron chi connectivity index (χ1n) is 6.48. The molecule has 3 atom stereocenters. The maximum Gasteiger partial charge on any atom is 0.221 e. The van der Waals surface area contributed by atoms with E-state index in [1.54, 1.807) is 0 Å². The zero-order valence-electron chi connectivity index (χ0n) is 10.8. The summed E-state index contributed by atoms with van der Waals surface area (Å²) in [6.45, 7) is 3.90. The van der Waals surface area contributed by atoms with Gasteiger partial charge in [-0.15, -0.1) is 12.4 Å². The molecule has 0 bridgehead atoms. The second kappa shape index (κ2) is 8.25. The average Bonchev–Trinajstić information content (AvgIpc) is 2.83. The molecule has 0 spiro atoms. The molecular weight excluding hydrogens is 272 g/mol. The van der Waals surface area contributed by atoms with E-state index in [0.29, 0.717) is 12.5 Å². The van der Waals surface area contributed by atoms with Crippen LogP contribution >= 0.6 is 24.2 Å². The molecule has 2 N–H and O–H groups in total. The molecule has 18 heavy (non-hydrogen) atoms. The number of carbonyl (C=O) groups excluding carboxylic acids is 1. The molecule has 0 radical (unpaired) electrons. The van der Waals surface area contributed by atoms with Crippen LogP contribution in [0.4, 0.5) is 0 Å². The molecule has 2 heterocycles. The highest BCUT2D eigenvalue weighted by Gasteiger charge is 2.24. The molecule has 2 aliphatic rings. The van der Waals surface area contributed by atoms with Crippen LogP contribution in [0.15, 0.2) is 0 Å². The number of nitrogens with one attached hydrogen (secondary N) is 2. The number of ether oxygens (including phenoxy) is 1. The first-order valence-corrected chi connectivity index (χ1v) is 7.63. The van der Waals surface area contributed by atoms with Crippen molar-refractivity contribution in [3.05, 3.63) is 0 Å². The fraction of sp³-hybridized carbons (Fsp3) is 0.917. The van der Waals surface area contributed by atoms with Crippen molar-refractivity contribution in [2.45, 2.75) is 44.4 Å². The van der Waals surface area contributed by atoms with Gasteiger partial charge in [-0.2, -0.15) is 11.8 Å². The molecule has 0 aliphatic carbocycles. The topological polar surface area (TPSA) is 50.4 Å². The fourth-order valence-corrected chi connectivity index (χ4v) is 3.33. The van der Waals surface area contributed by atoms with Gasteiger partial charge in [-0.05, 0) is 19.8 Å². The molecule has 6 heteroatoms. The van der Waals surface area contributed by atoms with Crippen LogP contribution in [0.5, 0.6) is 0 Å². The summed E-state index contributed by atoms with van der Waals surface area (Å²) in [5.41, 5.74) is 0. The zero-order chi connectivity index (χ0) is 12.1. The van der Waals surface area contributed by atoms with Gasteiger partial charge in [-0.1, -0.05) is 0 Å².